The fraction of sp³-hybridized carbons (Fsp3) is 0.0667. The Hall–Kier alpha value is -4.07. The number of rotatable bonds is 2. The molecule has 2 nitrogen and oxygen atoms in total. The molecule has 0 N–H and O–H groups in total. The first-order valence-electron chi connectivity index (χ1n) is 11.1. The maximum absolute atomic E-state index is 14.2. The molecule has 2 heterocycles. The molecule has 0 spiro atoms. The minimum absolute atomic E-state index is 0.255. The van der Waals surface area contributed by atoms with Crippen LogP contribution < -0.4 is 4.57 Å². The summed E-state index contributed by atoms with van der Waals surface area (Å²) in [5.41, 5.74) is 5.60. The molecule has 0 bridgehead atoms. The Morgan fingerprint density at radius 2 is 1.56 bits per heavy atom. The van der Waals surface area contributed by atoms with Crippen LogP contribution in [0.3, 0.4) is 0 Å². The zero-order chi connectivity index (χ0) is 23.4. The molecule has 34 heavy (non-hydrogen) atoms. The fourth-order valence-corrected chi connectivity index (χ4v) is 6.31. The van der Waals surface area contributed by atoms with Gasteiger partial charge >= 0.3 is 0 Å². The Morgan fingerprint density at radius 1 is 0.824 bits per heavy atom. The summed E-state index contributed by atoms with van der Waals surface area (Å²) < 4.78 is 18.4. The van der Waals surface area contributed by atoms with Crippen molar-refractivity contribution < 1.29 is 8.96 Å². The molecule has 0 fully saturated rings. The normalized spacial score (nSPS) is 11.4. The summed E-state index contributed by atoms with van der Waals surface area (Å²) in [6.07, 6.45) is 1.75. The van der Waals surface area contributed by atoms with Crippen LogP contribution in [0.15, 0.2) is 85.1 Å². The lowest BCUT2D eigenvalue weighted by Gasteiger charge is -2.08. The highest BCUT2D eigenvalue weighted by atomic mass is 32.1. The Balaban J connectivity index is 1.72. The van der Waals surface area contributed by atoms with E-state index in [0.29, 0.717) is 5.56 Å². The molecular weight excluding hydrogens is 439 g/mol. The van der Waals surface area contributed by atoms with Gasteiger partial charge in [-0.15, -0.1) is 11.3 Å². The SMILES string of the molecule is Cc1ccc2c(sc3c(-c4ccc5ccccc5c4)c(C#N)ccc32)c1-c1cc(F)cc[n+]1C. The van der Waals surface area contributed by atoms with Crippen LogP contribution in [0.2, 0.25) is 0 Å². The molecule has 0 saturated carbocycles. The van der Waals surface area contributed by atoms with Gasteiger partial charge in [-0.1, -0.05) is 54.6 Å². The van der Waals surface area contributed by atoms with Gasteiger partial charge in [-0.2, -0.15) is 5.26 Å². The third-order valence-electron chi connectivity index (χ3n) is 6.54. The maximum Gasteiger partial charge on any atom is 0.216 e. The number of thiophene rings is 1. The number of pyridine rings is 1. The van der Waals surface area contributed by atoms with E-state index in [-0.39, 0.29) is 5.82 Å². The van der Waals surface area contributed by atoms with Crippen molar-refractivity contribution in [2.24, 2.45) is 7.05 Å². The molecule has 6 rings (SSSR count). The van der Waals surface area contributed by atoms with Gasteiger partial charge in [0, 0.05) is 37.9 Å². The van der Waals surface area contributed by atoms with Crippen LogP contribution in [0.25, 0.3) is 53.3 Å². The van der Waals surface area contributed by atoms with Gasteiger partial charge in [-0.3, -0.25) is 0 Å². The highest BCUT2D eigenvalue weighted by Crippen LogP contribution is 2.45. The number of fused-ring (bicyclic) bond motifs is 4. The van der Waals surface area contributed by atoms with Gasteiger partial charge in [0.1, 0.15) is 12.9 Å². The van der Waals surface area contributed by atoms with Gasteiger partial charge in [0.15, 0.2) is 6.20 Å². The molecule has 0 radical (unpaired) electrons. The summed E-state index contributed by atoms with van der Waals surface area (Å²) in [7, 11) is 1.94. The molecule has 6 aromatic rings. The van der Waals surface area contributed by atoms with Crippen LogP contribution in [0, 0.1) is 24.1 Å². The maximum atomic E-state index is 14.2. The predicted octanol–water partition coefficient (Wildman–Crippen LogP) is 7.69. The predicted molar refractivity (Wildman–Crippen MR) is 138 cm³/mol. The molecule has 0 aliphatic heterocycles. The molecule has 0 aliphatic rings. The number of halogens is 1. The monoisotopic (exact) mass is 459 g/mol. The van der Waals surface area contributed by atoms with Crippen molar-refractivity contribution in [1.82, 2.24) is 0 Å². The quantitative estimate of drug-likeness (QED) is 0.244. The standard InChI is InChI=1S/C30H20FN2S/c1-18-7-11-24-25-12-10-22(17-32)28(21-9-8-19-5-3-4-6-20(19)15-21)30(25)34-29(24)27(18)26-16-23(31)13-14-33(26)2/h3-16H,1-2H3/q+1. The molecule has 2 aromatic heterocycles. The molecule has 0 unspecified atom stereocenters. The van der Waals surface area contributed by atoms with E-state index in [0.717, 1.165) is 53.5 Å². The smallest absolute Gasteiger partial charge is 0.207 e. The van der Waals surface area contributed by atoms with E-state index in [4.69, 9.17) is 0 Å². The number of benzene rings is 4. The van der Waals surface area contributed by atoms with E-state index < -0.39 is 0 Å². The number of hydrogen-bond donors (Lipinski definition) is 0. The van der Waals surface area contributed by atoms with Crippen molar-refractivity contribution >= 4 is 42.3 Å². The lowest BCUT2D eigenvalue weighted by Crippen LogP contribution is -2.30. The average molecular weight is 460 g/mol. The van der Waals surface area contributed by atoms with Crippen LogP contribution in [-0.2, 0) is 7.05 Å². The summed E-state index contributed by atoms with van der Waals surface area (Å²) in [6, 6.07) is 28.3. The lowest BCUT2D eigenvalue weighted by atomic mass is 9.95. The van der Waals surface area contributed by atoms with Crippen molar-refractivity contribution in [3.8, 4) is 28.5 Å². The first kappa shape index (κ1) is 20.5. The van der Waals surface area contributed by atoms with Crippen molar-refractivity contribution in [3.63, 3.8) is 0 Å². The first-order chi connectivity index (χ1) is 16.5. The second-order valence-corrected chi connectivity index (χ2v) is 9.64. The van der Waals surface area contributed by atoms with E-state index in [9.17, 15) is 9.65 Å². The minimum Gasteiger partial charge on any atom is -0.207 e. The molecule has 0 saturated heterocycles. The van der Waals surface area contributed by atoms with Crippen LogP contribution in [0.4, 0.5) is 4.39 Å². The van der Waals surface area contributed by atoms with Crippen molar-refractivity contribution in [2.75, 3.05) is 0 Å². The Bertz CT molecular complexity index is 1810. The second kappa shape index (κ2) is 7.76. The van der Waals surface area contributed by atoms with Crippen LogP contribution in [-0.4, -0.2) is 0 Å². The van der Waals surface area contributed by atoms with E-state index in [1.54, 1.807) is 23.6 Å². The van der Waals surface area contributed by atoms with Gasteiger partial charge in [0.2, 0.25) is 5.69 Å². The zero-order valence-corrected chi connectivity index (χ0v) is 19.6. The molecular formula is C30H20FN2S+. The van der Waals surface area contributed by atoms with Crippen LogP contribution >= 0.6 is 11.3 Å². The third-order valence-corrected chi connectivity index (χ3v) is 7.80. The van der Waals surface area contributed by atoms with Gasteiger partial charge in [-0.05, 0) is 41.0 Å². The lowest BCUT2D eigenvalue weighted by molar-refractivity contribution is -0.660. The van der Waals surface area contributed by atoms with Crippen molar-refractivity contribution in [1.29, 1.82) is 5.26 Å². The fourth-order valence-electron chi connectivity index (χ4n) is 4.84. The highest BCUT2D eigenvalue weighted by molar-refractivity contribution is 7.27. The number of nitrogens with zero attached hydrogens (tertiary/aromatic N) is 2. The third kappa shape index (κ3) is 3.09. The Labute approximate surface area is 200 Å². The minimum atomic E-state index is -0.255. The molecule has 0 amide bonds. The van der Waals surface area contributed by atoms with Crippen LogP contribution in [0.1, 0.15) is 11.1 Å². The van der Waals surface area contributed by atoms with E-state index in [2.05, 4.69) is 55.5 Å². The number of aromatic nitrogens is 1. The number of nitriles is 1. The topological polar surface area (TPSA) is 27.7 Å². The molecule has 0 aliphatic carbocycles. The van der Waals surface area contributed by atoms with Crippen molar-refractivity contribution in [3.05, 3.63) is 102 Å². The number of aryl methyl sites for hydroxylation is 2. The van der Waals surface area contributed by atoms with Gasteiger partial charge in [0.25, 0.3) is 0 Å². The summed E-state index contributed by atoms with van der Waals surface area (Å²) >= 11 is 1.68. The molecule has 0 atom stereocenters. The molecule has 4 aromatic carbocycles. The van der Waals surface area contributed by atoms with Gasteiger partial charge in [0.05, 0.1) is 17.2 Å². The average Bonchev–Trinajstić information content (AvgIpc) is 3.23. The Kier molecular flexibility index (Phi) is 4.69. The van der Waals surface area contributed by atoms with Gasteiger partial charge < -0.3 is 0 Å². The summed E-state index contributed by atoms with van der Waals surface area (Å²) in [6.45, 7) is 2.06. The van der Waals surface area contributed by atoms with E-state index in [1.807, 2.05) is 35.9 Å². The molecule has 4 heteroatoms. The summed E-state index contributed by atoms with van der Waals surface area (Å²) in [5, 5.41) is 14.5. The molecule has 162 valence electrons. The highest BCUT2D eigenvalue weighted by Gasteiger charge is 2.22. The largest absolute Gasteiger partial charge is 0.216 e. The van der Waals surface area contributed by atoms with Crippen LogP contribution in [0.5, 0.6) is 0 Å². The van der Waals surface area contributed by atoms with E-state index in [1.165, 1.54) is 11.5 Å². The first-order valence-corrected chi connectivity index (χ1v) is 11.9. The Morgan fingerprint density at radius 3 is 2.35 bits per heavy atom. The van der Waals surface area contributed by atoms with Crippen molar-refractivity contribution in [2.45, 2.75) is 6.92 Å². The summed E-state index contributed by atoms with van der Waals surface area (Å²) in [4.78, 5) is 0. The summed E-state index contributed by atoms with van der Waals surface area (Å²) in [5.74, 6) is -0.255. The van der Waals surface area contributed by atoms with E-state index >= 15 is 0 Å². The second-order valence-electron chi connectivity index (χ2n) is 8.62. The number of hydrogen-bond acceptors (Lipinski definition) is 2. The van der Waals surface area contributed by atoms with Gasteiger partial charge in [-0.25, -0.2) is 8.96 Å². The zero-order valence-electron chi connectivity index (χ0n) is 18.8.